The monoisotopic (exact) mass is 245 g/mol. The first-order chi connectivity index (χ1) is 8.25. The second-order valence-corrected chi connectivity index (χ2v) is 4.12. The molecule has 0 aliphatic heterocycles. The van der Waals surface area contributed by atoms with Crippen molar-refractivity contribution in [2.24, 2.45) is 0 Å². The van der Waals surface area contributed by atoms with Gasteiger partial charge in [0.2, 0.25) is 0 Å². The number of benzene rings is 2. The molecule has 0 radical (unpaired) electrons. The van der Waals surface area contributed by atoms with Crippen LogP contribution in [0, 0.1) is 5.21 Å². The number of hydrogen-bond donors (Lipinski definition) is 0. The lowest BCUT2D eigenvalue weighted by molar-refractivity contribution is -0.469. The lowest BCUT2D eigenvalue weighted by atomic mass is 10.2. The molecule has 0 saturated heterocycles. The molecule has 2 nitrogen and oxygen atoms in total. The Morgan fingerprint density at radius 3 is 2.35 bits per heavy atom. The average Bonchev–Trinajstić information content (AvgIpc) is 2.33. The summed E-state index contributed by atoms with van der Waals surface area (Å²) in [5.74, 6) is 0. The molecular weight excluding hydrogens is 234 g/mol. The Bertz CT molecular complexity index is 523. The van der Waals surface area contributed by atoms with Crippen LogP contribution in [0.4, 0.5) is 0 Å². The lowest BCUT2D eigenvalue weighted by Gasteiger charge is -2.04. The predicted molar refractivity (Wildman–Crippen MR) is 70.4 cm³/mol. The predicted octanol–water partition coefficient (Wildman–Crippen LogP) is 3.47. The molecule has 0 fully saturated rings. The molecule has 3 heteroatoms. The first-order valence-electron chi connectivity index (χ1n) is 5.33. The first kappa shape index (κ1) is 11.7. The summed E-state index contributed by atoms with van der Waals surface area (Å²) in [5.41, 5.74) is 1.71. The van der Waals surface area contributed by atoms with Gasteiger partial charge in [0.05, 0.1) is 10.6 Å². The average molecular weight is 246 g/mol. The van der Waals surface area contributed by atoms with Crippen molar-refractivity contribution in [3.63, 3.8) is 0 Å². The van der Waals surface area contributed by atoms with Gasteiger partial charge in [-0.25, -0.2) is 4.74 Å². The molecule has 0 aromatic heterocycles. The number of hydrogen-bond acceptors (Lipinski definition) is 1. The van der Waals surface area contributed by atoms with E-state index in [1.54, 1.807) is 6.07 Å². The van der Waals surface area contributed by atoms with E-state index in [-0.39, 0.29) is 0 Å². The standard InChI is InChI=1S/C14H12ClNO/c15-14-9-5-4-8-13(14)11-16(17)10-12-6-2-1-3-7-12/h1-9,11H,10H2. The van der Waals surface area contributed by atoms with Gasteiger partial charge in [-0.2, -0.15) is 0 Å². The summed E-state index contributed by atoms with van der Waals surface area (Å²) in [4.78, 5) is 0. The highest BCUT2D eigenvalue weighted by molar-refractivity contribution is 6.32. The van der Waals surface area contributed by atoms with E-state index in [9.17, 15) is 5.21 Å². The number of halogens is 1. The van der Waals surface area contributed by atoms with Crippen molar-refractivity contribution >= 4 is 17.8 Å². The fourth-order valence-electron chi connectivity index (χ4n) is 1.54. The van der Waals surface area contributed by atoms with E-state index in [0.29, 0.717) is 11.6 Å². The fraction of sp³-hybridized carbons (Fsp3) is 0.0714. The zero-order valence-corrected chi connectivity index (χ0v) is 9.97. The summed E-state index contributed by atoms with van der Waals surface area (Å²) in [6.07, 6.45) is 1.51. The third-order valence-corrected chi connectivity index (χ3v) is 2.71. The van der Waals surface area contributed by atoms with Crippen molar-refractivity contribution in [1.82, 2.24) is 0 Å². The van der Waals surface area contributed by atoms with Crippen LogP contribution in [-0.2, 0) is 6.54 Å². The largest absolute Gasteiger partial charge is 0.624 e. The van der Waals surface area contributed by atoms with E-state index in [2.05, 4.69) is 0 Å². The van der Waals surface area contributed by atoms with Crippen LogP contribution in [0.15, 0.2) is 54.6 Å². The molecular formula is C14H12ClNO. The summed E-state index contributed by atoms with van der Waals surface area (Å²) in [6.45, 7) is 0.325. The summed E-state index contributed by atoms with van der Waals surface area (Å²) >= 11 is 5.97. The van der Waals surface area contributed by atoms with Gasteiger partial charge in [0.1, 0.15) is 0 Å². The van der Waals surface area contributed by atoms with E-state index in [1.807, 2.05) is 48.5 Å². The smallest absolute Gasteiger partial charge is 0.183 e. The maximum Gasteiger partial charge on any atom is 0.183 e. The van der Waals surface area contributed by atoms with Gasteiger partial charge in [-0.1, -0.05) is 54.1 Å². The second-order valence-electron chi connectivity index (χ2n) is 3.71. The van der Waals surface area contributed by atoms with Gasteiger partial charge < -0.3 is 5.21 Å². The molecule has 0 aliphatic rings. The van der Waals surface area contributed by atoms with Crippen LogP contribution >= 0.6 is 11.6 Å². The normalized spacial score (nSPS) is 11.5. The molecule has 0 heterocycles. The van der Waals surface area contributed by atoms with Crippen LogP contribution < -0.4 is 0 Å². The molecule has 86 valence electrons. The van der Waals surface area contributed by atoms with Gasteiger partial charge in [0.15, 0.2) is 12.8 Å². The van der Waals surface area contributed by atoms with E-state index >= 15 is 0 Å². The summed E-state index contributed by atoms with van der Waals surface area (Å²) in [7, 11) is 0. The van der Waals surface area contributed by atoms with Crippen molar-refractivity contribution in [3.05, 3.63) is 76.0 Å². The Balaban J connectivity index is 2.16. The third-order valence-electron chi connectivity index (χ3n) is 2.37. The molecule has 2 aromatic rings. The van der Waals surface area contributed by atoms with Crippen molar-refractivity contribution in [2.45, 2.75) is 6.54 Å². The zero-order valence-electron chi connectivity index (χ0n) is 9.21. The molecule has 0 bridgehead atoms. The minimum absolute atomic E-state index is 0.325. The lowest BCUT2D eigenvalue weighted by Crippen LogP contribution is -2.05. The Labute approximate surface area is 105 Å². The highest BCUT2D eigenvalue weighted by Crippen LogP contribution is 2.12. The van der Waals surface area contributed by atoms with E-state index < -0.39 is 0 Å². The topological polar surface area (TPSA) is 26.1 Å². The number of rotatable bonds is 3. The Hall–Kier alpha value is -1.80. The van der Waals surface area contributed by atoms with E-state index in [4.69, 9.17) is 11.6 Å². The quantitative estimate of drug-likeness (QED) is 0.352. The van der Waals surface area contributed by atoms with Crippen LogP contribution in [-0.4, -0.2) is 11.0 Å². The van der Waals surface area contributed by atoms with Crippen LogP contribution in [0.1, 0.15) is 11.1 Å². The molecule has 0 saturated carbocycles. The minimum Gasteiger partial charge on any atom is -0.624 e. The highest BCUT2D eigenvalue weighted by atomic mass is 35.5. The molecule has 17 heavy (non-hydrogen) atoms. The molecule has 0 atom stereocenters. The van der Waals surface area contributed by atoms with Gasteiger partial charge in [-0.15, -0.1) is 0 Å². The fourth-order valence-corrected chi connectivity index (χ4v) is 1.73. The van der Waals surface area contributed by atoms with E-state index in [0.717, 1.165) is 15.9 Å². The van der Waals surface area contributed by atoms with E-state index in [1.165, 1.54) is 6.21 Å². The minimum atomic E-state index is 0.325. The first-order valence-corrected chi connectivity index (χ1v) is 5.70. The molecule has 2 rings (SSSR count). The van der Waals surface area contributed by atoms with Gasteiger partial charge >= 0.3 is 0 Å². The Morgan fingerprint density at radius 2 is 1.65 bits per heavy atom. The zero-order chi connectivity index (χ0) is 12.1. The summed E-state index contributed by atoms with van der Waals surface area (Å²) < 4.78 is 0.885. The second kappa shape index (κ2) is 5.51. The summed E-state index contributed by atoms with van der Waals surface area (Å²) in [5, 5.41) is 12.3. The number of nitrogens with zero attached hydrogens (tertiary/aromatic N) is 1. The Morgan fingerprint density at radius 1 is 1.00 bits per heavy atom. The molecule has 0 aliphatic carbocycles. The van der Waals surface area contributed by atoms with Crippen LogP contribution in [0.2, 0.25) is 5.02 Å². The maximum atomic E-state index is 11.7. The van der Waals surface area contributed by atoms with Gasteiger partial charge in [0, 0.05) is 5.56 Å². The summed E-state index contributed by atoms with van der Waals surface area (Å²) in [6, 6.07) is 16.9. The van der Waals surface area contributed by atoms with Crippen molar-refractivity contribution in [1.29, 1.82) is 0 Å². The molecule has 2 aromatic carbocycles. The Kier molecular flexibility index (Phi) is 3.78. The third kappa shape index (κ3) is 3.33. The SMILES string of the molecule is [O-][N+](=Cc1ccccc1Cl)Cc1ccccc1. The molecule has 0 unspecified atom stereocenters. The van der Waals surface area contributed by atoms with Crippen molar-refractivity contribution in [2.75, 3.05) is 0 Å². The maximum absolute atomic E-state index is 11.7. The number of hydroxylamine groups is 1. The van der Waals surface area contributed by atoms with Crippen LogP contribution in [0.5, 0.6) is 0 Å². The molecule has 0 amide bonds. The van der Waals surface area contributed by atoms with Gasteiger partial charge in [0.25, 0.3) is 0 Å². The van der Waals surface area contributed by atoms with Crippen molar-refractivity contribution in [3.8, 4) is 0 Å². The van der Waals surface area contributed by atoms with Gasteiger partial charge in [-0.05, 0) is 12.1 Å². The highest BCUT2D eigenvalue weighted by Gasteiger charge is 2.01. The molecule has 0 N–H and O–H groups in total. The van der Waals surface area contributed by atoms with Crippen molar-refractivity contribution < 1.29 is 4.74 Å². The molecule has 0 spiro atoms. The van der Waals surface area contributed by atoms with Gasteiger partial charge in [-0.3, -0.25) is 0 Å². The van der Waals surface area contributed by atoms with Crippen LogP contribution in [0.25, 0.3) is 0 Å². The van der Waals surface area contributed by atoms with Crippen LogP contribution in [0.3, 0.4) is 0 Å².